The Morgan fingerprint density at radius 3 is 2.93 bits per heavy atom. The van der Waals surface area contributed by atoms with Crippen molar-refractivity contribution in [2.45, 2.75) is 6.92 Å². The van der Waals surface area contributed by atoms with Gasteiger partial charge in [0, 0.05) is 11.6 Å². The van der Waals surface area contributed by atoms with E-state index in [-0.39, 0.29) is 5.56 Å². The lowest BCUT2D eigenvalue weighted by Gasteiger charge is -2.00. The zero-order valence-corrected chi connectivity index (χ0v) is 7.66. The molecule has 0 saturated heterocycles. The Hall–Kier alpha value is -2.08. The van der Waals surface area contributed by atoms with Crippen LogP contribution in [0.4, 0.5) is 5.69 Å². The number of nitrogens with one attached hydrogen (secondary N) is 1. The Morgan fingerprint density at radius 1 is 1.43 bits per heavy atom. The first-order valence-electron chi connectivity index (χ1n) is 4.22. The standard InChI is InChI=1S/C11H8N2O/c1-7-5-9-8(6-10(7)12-2)3-4-13-11(9)14/h3-6H,1H3,(H,13,14). The van der Waals surface area contributed by atoms with E-state index in [0.717, 1.165) is 10.9 Å². The lowest BCUT2D eigenvalue weighted by atomic mass is 10.1. The van der Waals surface area contributed by atoms with Gasteiger partial charge in [0.15, 0.2) is 5.69 Å². The molecule has 0 fully saturated rings. The average molecular weight is 184 g/mol. The molecule has 0 bridgehead atoms. The average Bonchev–Trinajstić information content (AvgIpc) is 2.19. The molecule has 0 radical (unpaired) electrons. The highest BCUT2D eigenvalue weighted by Gasteiger charge is 2.02. The van der Waals surface area contributed by atoms with E-state index in [9.17, 15) is 4.79 Å². The predicted octanol–water partition coefficient (Wildman–Crippen LogP) is 2.39. The van der Waals surface area contributed by atoms with Gasteiger partial charge in [-0.2, -0.15) is 0 Å². The number of aryl methyl sites for hydroxylation is 1. The third-order valence-corrected chi connectivity index (χ3v) is 2.21. The first-order chi connectivity index (χ1) is 6.72. The highest BCUT2D eigenvalue weighted by Crippen LogP contribution is 2.23. The van der Waals surface area contributed by atoms with Gasteiger partial charge >= 0.3 is 0 Å². The molecule has 0 aliphatic rings. The van der Waals surface area contributed by atoms with Crippen molar-refractivity contribution in [2.75, 3.05) is 0 Å². The maximum Gasteiger partial charge on any atom is 0.255 e. The number of aromatic nitrogens is 1. The van der Waals surface area contributed by atoms with Gasteiger partial charge in [-0.1, -0.05) is 6.07 Å². The van der Waals surface area contributed by atoms with Crippen molar-refractivity contribution < 1.29 is 0 Å². The number of rotatable bonds is 0. The largest absolute Gasteiger partial charge is 0.329 e. The van der Waals surface area contributed by atoms with Crippen molar-refractivity contribution >= 4 is 16.5 Å². The van der Waals surface area contributed by atoms with E-state index in [0.29, 0.717) is 11.1 Å². The molecule has 0 unspecified atom stereocenters. The number of H-pyrrole nitrogens is 1. The van der Waals surface area contributed by atoms with Crippen molar-refractivity contribution in [1.82, 2.24) is 4.98 Å². The van der Waals surface area contributed by atoms with Crippen molar-refractivity contribution in [2.24, 2.45) is 0 Å². The van der Waals surface area contributed by atoms with Crippen LogP contribution in [0.5, 0.6) is 0 Å². The monoisotopic (exact) mass is 184 g/mol. The molecular weight excluding hydrogens is 176 g/mol. The summed E-state index contributed by atoms with van der Waals surface area (Å²) in [5, 5.41) is 1.45. The van der Waals surface area contributed by atoms with Crippen molar-refractivity contribution in [3.05, 3.63) is 51.7 Å². The van der Waals surface area contributed by atoms with Crippen LogP contribution in [0, 0.1) is 13.5 Å². The molecule has 3 nitrogen and oxygen atoms in total. The van der Waals surface area contributed by atoms with Gasteiger partial charge in [0.05, 0.1) is 6.57 Å². The van der Waals surface area contributed by atoms with E-state index in [4.69, 9.17) is 6.57 Å². The number of hydrogen-bond donors (Lipinski definition) is 1. The van der Waals surface area contributed by atoms with Gasteiger partial charge in [0.1, 0.15) is 0 Å². The van der Waals surface area contributed by atoms with E-state index < -0.39 is 0 Å². The van der Waals surface area contributed by atoms with Crippen LogP contribution < -0.4 is 5.56 Å². The molecule has 1 heterocycles. The quantitative estimate of drug-likeness (QED) is 0.627. The van der Waals surface area contributed by atoms with Crippen LogP contribution in [0.15, 0.2) is 29.2 Å². The molecule has 0 saturated carbocycles. The number of aromatic amines is 1. The summed E-state index contributed by atoms with van der Waals surface area (Å²) < 4.78 is 0. The molecule has 2 rings (SSSR count). The smallest absolute Gasteiger partial charge is 0.255 e. The second-order valence-electron chi connectivity index (χ2n) is 3.14. The SMILES string of the molecule is [C-]#[N+]c1cc2cc[nH]c(=O)c2cc1C. The Bertz CT molecular complexity index is 590. The number of nitrogens with zero attached hydrogens (tertiary/aromatic N) is 1. The second-order valence-corrected chi connectivity index (χ2v) is 3.14. The van der Waals surface area contributed by atoms with Crippen LogP contribution >= 0.6 is 0 Å². The molecule has 0 aliphatic carbocycles. The fourth-order valence-corrected chi connectivity index (χ4v) is 1.45. The van der Waals surface area contributed by atoms with E-state index in [1.807, 2.05) is 6.92 Å². The van der Waals surface area contributed by atoms with Crippen molar-refractivity contribution in [1.29, 1.82) is 0 Å². The fraction of sp³-hybridized carbons (Fsp3) is 0.0909. The molecule has 2 aromatic rings. The van der Waals surface area contributed by atoms with Crippen LogP contribution in [0.3, 0.4) is 0 Å². The van der Waals surface area contributed by atoms with Crippen LogP contribution in [-0.2, 0) is 0 Å². The summed E-state index contributed by atoms with van der Waals surface area (Å²) in [5.74, 6) is 0. The summed E-state index contributed by atoms with van der Waals surface area (Å²) in [6.07, 6.45) is 1.59. The number of hydrogen-bond acceptors (Lipinski definition) is 1. The zero-order valence-electron chi connectivity index (χ0n) is 7.66. The van der Waals surface area contributed by atoms with E-state index in [2.05, 4.69) is 9.83 Å². The topological polar surface area (TPSA) is 37.2 Å². The number of fused-ring (bicyclic) bond motifs is 1. The van der Waals surface area contributed by atoms with Crippen LogP contribution in [0.1, 0.15) is 5.56 Å². The Labute approximate surface area is 80.8 Å². The molecule has 1 N–H and O–H groups in total. The summed E-state index contributed by atoms with van der Waals surface area (Å²) in [6.45, 7) is 8.79. The van der Waals surface area contributed by atoms with Crippen LogP contribution in [-0.4, -0.2) is 4.98 Å². The molecule has 1 aromatic carbocycles. The van der Waals surface area contributed by atoms with Crippen LogP contribution in [0.2, 0.25) is 0 Å². The molecule has 0 aliphatic heterocycles. The van der Waals surface area contributed by atoms with E-state index in [1.165, 1.54) is 0 Å². The number of pyridine rings is 1. The molecule has 3 heteroatoms. The third-order valence-electron chi connectivity index (χ3n) is 2.21. The van der Waals surface area contributed by atoms with Gasteiger partial charge in [0.2, 0.25) is 0 Å². The molecule has 1 aromatic heterocycles. The number of benzene rings is 1. The summed E-state index contributed by atoms with van der Waals surface area (Å²) in [5.41, 5.74) is 1.33. The van der Waals surface area contributed by atoms with E-state index in [1.54, 1.807) is 24.4 Å². The fourth-order valence-electron chi connectivity index (χ4n) is 1.45. The zero-order chi connectivity index (χ0) is 10.1. The Balaban J connectivity index is 2.95. The molecular formula is C11H8N2O. The normalized spacial score (nSPS) is 10.0. The molecule has 68 valence electrons. The first-order valence-corrected chi connectivity index (χ1v) is 4.22. The Kier molecular flexibility index (Phi) is 1.83. The van der Waals surface area contributed by atoms with Crippen molar-refractivity contribution in [3.8, 4) is 0 Å². The minimum atomic E-state index is -0.109. The summed E-state index contributed by atoms with van der Waals surface area (Å²) in [6, 6.07) is 5.29. The van der Waals surface area contributed by atoms with Gasteiger partial charge in [-0.25, -0.2) is 4.85 Å². The summed E-state index contributed by atoms with van der Waals surface area (Å²) >= 11 is 0. The lowest BCUT2D eigenvalue weighted by molar-refractivity contribution is 1.27. The van der Waals surface area contributed by atoms with E-state index >= 15 is 0 Å². The van der Waals surface area contributed by atoms with Gasteiger partial charge in [-0.3, -0.25) is 4.79 Å². The molecule has 0 spiro atoms. The minimum Gasteiger partial charge on any atom is -0.329 e. The Morgan fingerprint density at radius 2 is 2.21 bits per heavy atom. The van der Waals surface area contributed by atoms with Crippen LogP contribution in [0.25, 0.3) is 15.6 Å². The first kappa shape index (κ1) is 8.52. The van der Waals surface area contributed by atoms with Gasteiger partial charge in [-0.15, -0.1) is 0 Å². The highest BCUT2D eigenvalue weighted by molar-refractivity contribution is 5.86. The van der Waals surface area contributed by atoms with Gasteiger partial charge in [0.25, 0.3) is 5.56 Å². The predicted molar refractivity (Wildman–Crippen MR) is 55.6 cm³/mol. The summed E-state index contributed by atoms with van der Waals surface area (Å²) in [4.78, 5) is 17.4. The van der Waals surface area contributed by atoms with Crippen molar-refractivity contribution in [3.63, 3.8) is 0 Å². The summed E-state index contributed by atoms with van der Waals surface area (Å²) in [7, 11) is 0. The van der Waals surface area contributed by atoms with Gasteiger partial charge in [-0.05, 0) is 30.0 Å². The van der Waals surface area contributed by atoms with Gasteiger partial charge < -0.3 is 4.98 Å². The lowest BCUT2D eigenvalue weighted by Crippen LogP contribution is -2.04. The highest BCUT2D eigenvalue weighted by atomic mass is 16.1. The second kappa shape index (κ2) is 3.00. The maximum absolute atomic E-state index is 11.4. The third kappa shape index (κ3) is 1.17. The maximum atomic E-state index is 11.4. The molecule has 14 heavy (non-hydrogen) atoms. The molecule has 0 amide bonds. The minimum absolute atomic E-state index is 0.109. The molecule has 0 atom stereocenters.